The number of anilines is 3. The van der Waals surface area contributed by atoms with Crippen molar-refractivity contribution >= 4 is 94.9 Å². The number of fused-ring (bicyclic) bond motifs is 10. The van der Waals surface area contributed by atoms with Gasteiger partial charge in [-0.1, -0.05) is 220 Å². The summed E-state index contributed by atoms with van der Waals surface area (Å²) in [6.07, 6.45) is 20.8. The summed E-state index contributed by atoms with van der Waals surface area (Å²) in [5, 5.41) is 4.85. The third-order valence-corrected chi connectivity index (χ3v) is 21.1. The summed E-state index contributed by atoms with van der Waals surface area (Å²) in [4.78, 5) is 11.5. The van der Waals surface area contributed by atoms with Crippen LogP contribution in [0, 0.1) is 17.8 Å². The minimum atomic E-state index is -0.148. The Kier molecular flexibility index (Phi) is 13.0. The molecule has 19 rings (SSSR count). The van der Waals surface area contributed by atoms with E-state index < -0.39 is 0 Å². The molecule has 0 spiro atoms. The average Bonchev–Trinajstić information content (AvgIpc) is 1.29. The van der Waals surface area contributed by atoms with Crippen molar-refractivity contribution in [1.82, 2.24) is 19.1 Å². The monoisotopic (exact) mass is 1230 g/mol. The van der Waals surface area contributed by atoms with E-state index in [1.807, 2.05) is 24.8 Å². The van der Waals surface area contributed by atoms with Crippen molar-refractivity contribution in [3.63, 3.8) is 0 Å². The maximum Gasteiger partial charge on any atom is 0.252 e. The zero-order chi connectivity index (χ0) is 63.5. The lowest BCUT2D eigenvalue weighted by Gasteiger charge is -2.41. The number of pyridine rings is 2. The van der Waals surface area contributed by atoms with Gasteiger partial charge in [0, 0.05) is 80.5 Å². The normalized spacial score (nSPS) is 16.2. The van der Waals surface area contributed by atoms with Crippen LogP contribution in [0.5, 0.6) is 0 Å². The van der Waals surface area contributed by atoms with Gasteiger partial charge >= 0.3 is 0 Å². The Morgan fingerprint density at radius 1 is 0.385 bits per heavy atom. The van der Waals surface area contributed by atoms with E-state index in [0.717, 1.165) is 68.0 Å². The zero-order valence-corrected chi connectivity index (χ0v) is 53.4. The average molecular weight is 1230 g/mol. The molecule has 0 saturated carbocycles. The Bertz CT molecular complexity index is 5710. The predicted molar refractivity (Wildman–Crippen MR) is 403 cm³/mol. The molecule has 0 saturated heterocycles. The van der Waals surface area contributed by atoms with E-state index in [0.29, 0.717) is 5.92 Å². The lowest BCUT2D eigenvalue weighted by Crippen LogP contribution is -2.60. The van der Waals surface area contributed by atoms with Gasteiger partial charge in [0.25, 0.3) is 6.71 Å². The number of hydrogen-bond acceptors (Lipinski definition) is 3. The number of allylic oxidation sites excluding steroid dienone is 8. The Hall–Kier alpha value is -11.9. The Labute approximate surface area is 559 Å². The fraction of sp³-hybridized carbons (Fsp3) is 0.0667. The third kappa shape index (κ3) is 9.00. The summed E-state index contributed by atoms with van der Waals surface area (Å²) in [6.45, 7) is 4.69. The first kappa shape index (κ1) is 55.8. The van der Waals surface area contributed by atoms with Gasteiger partial charge in [0.2, 0.25) is 0 Å². The number of aromatic nitrogens is 4. The Balaban J connectivity index is 0.922. The molecule has 5 nitrogen and oxygen atoms in total. The fourth-order valence-corrected chi connectivity index (χ4v) is 16.6. The molecule has 15 aromatic rings. The number of benzene rings is 11. The van der Waals surface area contributed by atoms with Crippen molar-refractivity contribution in [3.05, 3.63) is 339 Å². The fourth-order valence-electron chi connectivity index (χ4n) is 16.6. The molecule has 11 aromatic carbocycles. The van der Waals surface area contributed by atoms with Crippen molar-refractivity contribution in [1.29, 1.82) is 0 Å². The first-order chi connectivity index (χ1) is 47.4. The maximum atomic E-state index is 4.49. The maximum absolute atomic E-state index is 4.49. The molecule has 452 valence electrons. The number of hydrogen-bond donors (Lipinski definition) is 0. The van der Waals surface area contributed by atoms with Crippen LogP contribution >= 0.6 is 0 Å². The lowest BCUT2D eigenvalue weighted by molar-refractivity contribution is 0.514. The smallest absolute Gasteiger partial charge is 0.252 e. The van der Waals surface area contributed by atoms with Crippen LogP contribution in [0.3, 0.4) is 0 Å². The molecule has 3 unspecified atom stereocenters. The van der Waals surface area contributed by atoms with Gasteiger partial charge in [-0.2, -0.15) is 0 Å². The van der Waals surface area contributed by atoms with Crippen LogP contribution in [0.25, 0.3) is 122 Å². The first-order valence-corrected chi connectivity index (χ1v) is 33.7. The minimum Gasteiger partial charge on any atom is -0.311 e. The van der Waals surface area contributed by atoms with E-state index in [-0.39, 0.29) is 18.5 Å². The summed E-state index contributed by atoms with van der Waals surface area (Å²) in [7, 11) is 0. The molecule has 2 aliphatic heterocycles. The molecule has 4 aliphatic rings. The molecule has 0 N–H and O–H groups in total. The molecule has 4 aromatic heterocycles. The van der Waals surface area contributed by atoms with Crippen LogP contribution in [0.2, 0.25) is 0 Å². The Morgan fingerprint density at radius 2 is 0.917 bits per heavy atom. The van der Waals surface area contributed by atoms with Crippen LogP contribution in [-0.2, 0) is 0 Å². The summed E-state index contributed by atoms with van der Waals surface area (Å²) >= 11 is 0. The third-order valence-electron chi connectivity index (χ3n) is 21.1. The highest BCUT2D eigenvalue weighted by atomic mass is 15.2. The molecule has 2 aliphatic carbocycles. The van der Waals surface area contributed by atoms with Crippen molar-refractivity contribution in [3.8, 4) is 67.0 Å². The topological polar surface area (TPSA) is 38.9 Å². The number of para-hydroxylation sites is 2. The van der Waals surface area contributed by atoms with Crippen LogP contribution in [0.15, 0.2) is 328 Å². The molecule has 96 heavy (non-hydrogen) atoms. The van der Waals surface area contributed by atoms with Crippen LogP contribution in [0.4, 0.5) is 17.1 Å². The summed E-state index contributed by atoms with van der Waals surface area (Å²) < 4.78 is 5.22. The van der Waals surface area contributed by atoms with E-state index in [4.69, 9.17) is 0 Å². The van der Waals surface area contributed by atoms with Gasteiger partial charge in [0.1, 0.15) is 0 Å². The highest BCUT2D eigenvalue weighted by Gasteiger charge is 2.43. The van der Waals surface area contributed by atoms with Gasteiger partial charge in [-0.15, -0.1) is 0 Å². The quantitative estimate of drug-likeness (QED) is 0.128. The second kappa shape index (κ2) is 22.4. The molecule has 0 bridgehead atoms. The molecule has 6 heterocycles. The van der Waals surface area contributed by atoms with Crippen molar-refractivity contribution in [2.75, 3.05) is 4.90 Å². The molecular weight excluding hydrogens is 1160 g/mol. The zero-order valence-electron chi connectivity index (χ0n) is 53.4. The van der Waals surface area contributed by atoms with Gasteiger partial charge in [-0.3, -0.25) is 9.97 Å². The standard InChI is InChI=1S/C90H64BN5/c1-57-19-15-16-28-74(57)79-49-70(48-78(58(79)2)63-24-11-5-12-25-63)66-32-35-77-76-34-31-65(69-46-67(59-20-7-3-8-21-59)45-68(47-69)60-22-9-4-10-23-60)53-85(76)95(86(77)54-66)73-55-87-89-88(56-73)96-83-30-18-17-29-75(83)80-50-71(62-39-43-93-44-40-62)52-82(90(80)96)91(89)81-51-64(61-37-41-92-42-38-61)33-36-84(81)94(87)72-26-13-6-14-27-72/h3-18,20-58,79H,19H2,1-2H3. The largest absolute Gasteiger partial charge is 0.311 e. The molecule has 0 amide bonds. The number of rotatable bonds is 10. The van der Waals surface area contributed by atoms with Gasteiger partial charge in [0.15, 0.2) is 0 Å². The highest BCUT2D eigenvalue weighted by Crippen LogP contribution is 2.49. The van der Waals surface area contributed by atoms with Gasteiger partial charge in [0.05, 0.1) is 22.2 Å². The van der Waals surface area contributed by atoms with Crippen LogP contribution in [0.1, 0.15) is 31.4 Å². The summed E-state index contributed by atoms with van der Waals surface area (Å²) in [5.74, 6) is 0.950. The molecular formula is C90H64BN5. The van der Waals surface area contributed by atoms with E-state index >= 15 is 0 Å². The Morgan fingerprint density at radius 3 is 1.59 bits per heavy atom. The molecule has 0 fully saturated rings. The van der Waals surface area contributed by atoms with Gasteiger partial charge < -0.3 is 14.0 Å². The van der Waals surface area contributed by atoms with Crippen LogP contribution < -0.4 is 21.3 Å². The van der Waals surface area contributed by atoms with E-state index in [2.05, 4.69) is 335 Å². The van der Waals surface area contributed by atoms with E-state index in [1.54, 1.807) is 0 Å². The number of nitrogens with zero attached hydrogens (tertiary/aromatic N) is 5. The highest BCUT2D eigenvalue weighted by molar-refractivity contribution is 7.00. The summed E-state index contributed by atoms with van der Waals surface area (Å²) in [6, 6.07) is 100. The van der Waals surface area contributed by atoms with Gasteiger partial charge in [-0.05, 0) is 210 Å². The van der Waals surface area contributed by atoms with E-state index in [9.17, 15) is 0 Å². The van der Waals surface area contributed by atoms with Crippen LogP contribution in [-0.4, -0.2) is 25.8 Å². The lowest BCUT2D eigenvalue weighted by atomic mass is 9.33. The molecule has 3 atom stereocenters. The SMILES string of the molecule is CC1CC=CC=C1C1C=C(c2ccc3c4ccc(-c5cc(-c6ccccc6)cc(-c6ccccc6)c5)cc4n(-c4cc5c6c(c4)-n4c7ccccc7c7cc(-c8ccncc8)cc(c74)B6c4cc(-c6ccncc6)ccc4N5c4ccccc4)c3c2)C=C(c2ccccc2)C1C. The van der Waals surface area contributed by atoms with Crippen molar-refractivity contribution in [2.45, 2.75) is 20.3 Å². The molecule has 6 heteroatoms. The minimum absolute atomic E-state index is 0.148. The predicted octanol–water partition coefficient (Wildman–Crippen LogP) is 20.9. The van der Waals surface area contributed by atoms with E-state index in [1.165, 1.54) is 110 Å². The van der Waals surface area contributed by atoms with Gasteiger partial charge in [-0.25, -0.2) is 0 Å². The summed E-state index contributed by atoms with van der Waals surface area (Å²) in [5.41, 5.74) is 32.3. The first-order valence-electron chi connectivity index (χ1n) is 33.7. The van der Waals surface area contributed by atoms with Crippen molar-refractivity contribution < 1.29 is 0 Å². The second-order valence-electron chi connectivity index (χ2n) is 26.5. The van der Waals surface area contributed by atoms with Crippen molar-refractivity contribution in [2.24, 2.45) is 17.8 Å². The molecule has 0 radical (unpaired) electrons. The second-order valence-corrected chi connectivity index (χ2v) is 26.5.